The van der Waals surface area contributed by atoms with Crippen molar-refractivity contribution in [2.45, 2.75) is 88.6 Å². The summed E-state index contributed by atoms with van der Waals surface area (Å²) in [6.07, 6.45) is -0.327. The van der Waals surface area contributed by atoms with Crippen LogP contribution >= 0.6 is 0 Å². The number of esters is 2. The number of piperidine rings is 1. The molecule has 1 spiro atoms. The number of hydrogen-bond donors (Lipinski definition) is 4. The molecule has 1 aromatic rings. The number of Topliss-reactive ketones (excluding diaryl/α,β-unsaturated/α-hetero) is 1. The summed E-state index contributed by atoms with van der Waals surface area (Å²) in [7, 11) is 2.03. The Morgan fingerprint density at radius 3 is 2.27 bits per heavy atom. The van der Waals surface area contributed by atoms with Crippen LogP contribution in [-0.2, 0) is 31.0 Å². The Kier molecular flexibility index (Phi) is 7.91. The molecule has 2 heterocycles. The number of likely N-dealkylation sites (N-methyl/N-ethyl adjacent to an activating group) is 1. The summed E-state index contributed by atoms with van der Waals surface area (Å²) in [6, 6.07) is 1.97. The van der Waals surface area contributed by atoms with Gasteiger partial charge in [-0.25, -0.2) is 9.59 Å². The third kappa shape index (κ3) is 4.51. The molecule has 12 nitrogen and oxygen atoms in total. The maximum Gasteiger partial charge on any atom is 0.402 e. The monoisotopic (exact) mass is 560 g/mol. The Hall–Kier alpha value is -3.22. The number of carbonyl (C=O) groups excluding carboxylic acids is 3. The van der Waals surface area contributed by atoms with Crippen LogP contribution in [-0.4, -0.2) is 77.2 Å². The Morgan fingerprint density at radius 1 is 1.07 bits per heavy atom. The molecule has 5 rings (SSSR count). The quantitative estimate of drug-likeness (QED) is 0.287. The lowest BCUT2D eigenvalue weighted by molar-refractivity contribution is -0.215. The van der Waals surface area contributed by atoms with E-state index in [0.29, 0.717) is 31.6 Å². The molecule has 2 aliphatic heterocycles. The van der Waals surface area contributed by atoms with Gasteiger partial charge in [-0.05, 0) is 56.3 Å². The van der Waals surface area contributed by atoms with Crippen LogP contribution in [0.3, 0.4) is 0 Å². The predicted octanol–water partition coefficient (Wildman–Crippen LogP) is 1.09. The highest BCUT2D eigenvalue weighted by Gasteiger charge is 2.75. The molecule has 1 amide bonds. The molecule has 2 aliphatic carbocycles. The molecule has 1 saturated heterocycles. The summed E-state index contributed by atoms with van der Waals surface area (Å²) in [5.74, 6) is -0.581. The highest BCUT2D eigenvalue weighted by atomic mass is 16.6. The van der Waals surface area contributed by atoms with Crippen LogP contribution in [0.25, 0.3) is 0 Å². The Labute approximate surface area is 233 Å². The molecule has 0 unspecified atom stereocenters. The Balaban J connectivity index is 0.000000867. The highest BCUT2D eigenvalue weighted by Crippen LogP contribution is 2.66. The number of likely N-dealkylation sites (tertiary alicyclic amines) is 1. The third-order valence-electron chi connectivity index (χ3n) is 8.94. The van der Waals surface area contributed by atoms with Gasteiger partial charge in [-0.2, -0.15) is 0 Å². The zero-order chi connectivity index (χ0) is 29.7. The highest BCUT2D eigenvalue weighted by molar-refractivity contribution is 5.91. The first kappa shape index (κ1) is 29.8. The minimum atomic E-state index is -1.33. The van der Waals surface area contributed by atoms with Gasteiger partial charge in [0.05, 0.1) is 11.5 Å². The van der Waals surface area contributed by atoms with Crippen molar-refractivity contribution in [2.24, 2.45) is 29.0 Å². The molecule has 0 radical (unpaired) electrons. The van der Waals surface area contributed by atoms with Crippen molar-refractivity contribution in [3.63, 3.8) is 0 Å². The molecular formula is C28H40N4O8. The molecule has 7 N–H and O–H groups in total. The van der Waals surface area contributed by atoms with Crippen molar-refractivity contribution in [1.29, 1.82) is 0 Å². The van der Waals surface area contributed by atoms with Crippen LogP contribution in [0.15, 0.2) is 12.1 Å². The minimum absolute atomic E-state index is 0.0293. The number of nitrogens with zero attached hydrogens (tertiary/aromatic N) is 1. The Morgan fingerprint density at radius 2 is 1.68 bits per heavy atom. The zero-order valence-electron chi connectivity index (χ0n) is 23.6. The summed E-state index contributed by atoms with van der Waals surface area (Å²) in [5.41, 5.74) is 16.3. The van der Waals surface area contributed by atoms with Gasteiger partial charge in [0.1, 0.15) is 17.7 Å². The number of ether oxygens (including phenoxy) is 3. The fourth-order valence-electron chi connectivity index (χ4n) is 6.75. The number of amides is 1. The van der Waals surface area contributed by atoms with Gasteiger partial charge < -0.3 is 36.5 Å². The van der Waals surface area contributed by atoms with Gasteiger partial charge in [0.25, 0.3) is 0 Å². The second-order valence-electron chi connectivity index (χ2n) is 11.9. The molecule has 40 heavy (non-hydrogen) atoms. The van der Waals surface area contributed by atoms with Crippen LogP contribution < -0.4 is 26.7 Å². The molecule has 4 aliphatic rings. The Bertz CT molecular complexity index is 1210. The molecule has 2 fully saturated rings. The van der Waals surface area contributed by atoms with Crippen LogP contribution in [0, 0.1) is 11.8 Å². The summed E-state index contributed by atoms with van der Waals surface area (Å²) in [6.45, 7) is 8.19. The topological polar surface area (TPSA) is 198 Å². The normalized spacial score (nSPS) is 29.5. The number of hydrogen-bond acceptors (Lipinski definition) is 10. The van der Waals surface area contributed by atoms with Gasteiger partial charge in [0, 0.05) is 12.0 Å². The summed E-state index contributed by atoms with van der Waals surface area (Å²) in [4.78, 5) is 50.4. The lowest BCUT2D eigenvalue weighted by atomic mass is 9.49. The molecule has 6 atom stereocenters. The van der Waals surface area contributed by atoms with E-state index in [1.807, 2.05) is 40.8 Å². The number of carbonyl (C=O) groups is 4. The summed E-state index contributed by atoms with van der Waals surface area (Å²) < 4.78 is 18.6. The van der Waals surface area contributed by atoms with Gasteiger partial charge in [-0.1, -0.05) is 33.8 Å². The standard InChI is InChI=1S/C27H37N3O6.CH3NO2/c1-13(2)20(28)24(32)34-17-7-6-15-12-18-27(36-25(33)21(29)14(3)4)9-8-16(31)23-26(27,10-11-30(18)5)19(15)22(17)35-23;2-1(3)4/h6-7,13-14,18,20-21,23H,8-12,28-29H2,1-5H3;2H2,(H,3,4)/t18-,20+,21+,23+,26+,27-;/m1./s1. The summed E-state index contributed by atoms with van der Waals surface area (Å²) in [5, 5.41) is 7.19. The van der Waals surface area contributed by atoms with E-state index in [1.165, 1.54) is 0 Å². The van der Waals surface area contributed by atoms with Crippen molar-refractivity contribution in [1.82, 2.24) is 4.90 Å². The van der Waals surface area contributed by atoms with E-state index in [4.69, 9.17) is 35.6 Å². The second-order valence-corrected chi connectivity index (χ2v) is 11.9. The first-order valence-electron chi connectivity index (χ1n) is 13.7. The first-order valence-corrected chi connectivity index (χ1v) is 13.7. The van der Waals surface area contributed by atoms with Gasteiger partial charge in [0.2, 0.25) is 0 Å². The number of primary amides is 1. The molecular weight excluding hydrogens is 520 g/mol. The fraction of sp³-hybridized carbons (Fsp3) is 0.643. The molecule has 0 aromatic heterocycles. The average molecular weight is 561 g/mol. The van der Waals surface area contributed by atoms with Crippen molar-refractivity contribution in [3.05, 3.63) is 23.3 Å². The van der Waals surface area contributed by atoms with Crippen LogP contribution in [0.4, 0.5) is 4.79 Å². The largest absolute Gasteiger partial charge is 0.477 e. The van der Waals surface area contributed by atoms with E-state index in [1.54, 1.807) is 6.07 Å². The van der Waals surface area contributed by atoms with Crippen molar-refractivity contribution in [3.8, 4) is 11.5 Å². The number of benzene rings is 1. The summed E-state index contributed by atoms with van der Waals surface area (Å²) >= 11 is 0. The molecule has 2 bridgehead atoms. The maximum absolute atomic E-state index is 13.4. The molecule has 1 aromatic carbocycles. The predicted molar refractivity (Wildman–Crippen MR) is 144 cm³/mol. The van der Waals surface area contributed by atoms with Crippen LogP contribution in [0.5, 0.6) is 11.5 Å². The van der Waals surface area contributed by atoms with E-state index >= 15 is 0 Å². The van der Waals surface area contributed by atoms with Gasteiger partial charge in [-0.15, -0.1) is 0 Å². The number of ketones is 1. The SMILES string of the molecule is CC(C)[C@H](N)C(=O)Oc1ccc2c3c1O[C@H]1C(=O)CC[C@@]4(OC(=O)[C@@H](N)C(C)C)[C@@H](C2)N(C)CC[C@]314.NC(=O)O. The first-order chi connectivity index (χ1) is 18.7. The van der Waals surface area contributed by atoms with E-state index in [-0.39, 0.29) is 35.8 Å². The number of nitrogens with two attached hydrogens (primary N) is 3. The van der Waals surface area contributed by atoms with Gasteiger partial charge >= 0.3 is 18.0 Å². The van der Waals surface area contributed by atoms with E-state index in [0.717, 1.165) is 11.1 Å². The van der Waals surface area contributed by atoms with E-state index in [9.17, 15) is 14.4 Å². The van der Waals surface area contributed by atoms with Crippen LogP contribution in [0.2, 0.25) is 0 Å². The molecule has 220 valence electrons. The third-order valence-corrected chi connectivity index (χ3v) is 8.94. The van der Waals surface area contributed by atoms with Crippen molar-refractivity contribution in [2.75, 3.05) is 13.6 Å². The average Bonchev–Trinajstić information content (AvgIpc) is 3.24. The number of carboxylic acid groups (broad SMARTS) is 1. The zero-order valence-corrected chi connectivity index (χ0v) is 23.6. The van der Waals surface area contributed by atoms with E-state index in [2.05, 4.69) is 10.6 Å². The van der Waals surface area contributed by atoms with Gasteiger partial charge in [0.15, 0.2) is 23.4 Å². The van der Waals surface area contributed by atoms with Gasteiger partial charge in [-0.3, -0.25) is 14.5 Å². The van der Waals surface area contributed by atoms with E-state index < -0.39 is 47.2 Å². The maximum atomic E-state index is 13.4. The smallest absolute Gasteiger partial charge is 0.402 e. The van der Waals surface area contributed by atoms with Crippen LogP contribution in [0.1, 0.15) is 58.1 Å². The van der Waals surface area contributed by atoms with Crippen molar-refractivity contribution >= 4 is 23.8 Å². The minimum Gasteiger partial charge on any atom is -0.477 e. The second kappa shape index (κ2) is 10.6. The number of rotatable bonds is 6. The lowest BCUT2D eigenvalue weighted by Gasteiger charge is -2.63. The van der Waals surface area contributed by atoms with Crippen molar-refractivity contribution < 1.29 is 38.5 Å². The lowest BCUT2D eigenvalue weighted by Crippen LogP contribution is -2.77. The fourth-order valence-corrected chi connectivity index (χ4v) is 6.75. The molecule has 12 heteroatoms. The molecule has 1 saturated carbocycles.